The summed E-state index contributed by atoms with van der Waals surface area (Å²) in [6.07, 6.45) is 6.26. The van der Waals surface area contributed by atoms with Crippen LogP contribution in [0.5, 0.6) is 5.75 Å². The molecular weight excluding hydrogens is 508 g/mol. The topological polar surface area (TPSA) is 70.2 Å². The number of likely N-dealkylation sites (tertiary alicyclic amines) is 2. The van der Waals surface area contributed by atoms with Crippen molar-refractivity contribution in [1.29, 1.82) is 0 Å². The van der Waals surface area contributed by atoms with Crippen molar-refractivity contribution in [2.75, 3.05) is 33.2 Å². The molecule has 4 rings (SSSR count). The number of piperidine rings is 1. The number of hydrogen-bond donors (Lipinski definition) is 0. The van der Waals surface area contributed by atoms with Crippen LogP contribution in [0.4, 0.5) is 9.18 Å². The van der Waals surface area contributed by atoms with Gasteiger partial charge in [-0.2, -0.15) is 0 Å². The van der Waals surface area contributed by atoms with Gasteiger partial charge in [-0.1, -0.05) is 18.2 Å². The summed E-state index contributed by atoms with van der Waals surface area (Å²) in [4.78, 5) is 43.2. The predicted octanol–water partition coefficient (Wildman–Crippen LogP) is 4.05. The van der Waals surface area contributed by atoms with Gasteiger partial charge < -0.3 is 19.4 Å². The minimum absolute atomic E-state index is 0.0211. The highest BCUT2D eigenvalue weighted by Gasteiger charge is 2.43. The molecule has 0 spiro atoms. The van der Waals surface area contributed by atoms with Crippen LogP contribution in [0.3, 0.4) is 0 Å². The van der Waals surface area contributed by atoms with Crippen LogP contribution in [-0.2, 0) is 9.59 Å². The molecule has 0 N–H and O–H groups in total. The molecule has 10 heteroatoms. The van der Waals surface area contributed by atoms with Crippen molar-refractivity contribution < 1.29 is 23.5 Å². The number of likely N-dealkylation sites (N-methyl/N-ethyl adjacent to an activating group) is 1. The monoisotopic (exact) mass is 537 g/mol. The Labute approximate surface area is 220 Å². The maximum Gasteiger partial charge on any atom is 0.415 e. The average Bonchev–Trinajstić information content (AvgIpc) is 3.31. The van der Waals surface area contributed by atoms with Crippen LogP contribution in [-0.4, -0.2) is 82.6 Å². The van der Waals surface area contributed by atoms with Crippen LogP contribution in [0.2, 0.25) is 0 Å². The smallest absolute Gasteiger partial charge is 0.410 e. The fourth-order valence-electron chi connectivity index (χ4n) is 5.08. The molecule has 0 saturated carbocycles. The van der Waals surface area contributed by atoms with Crippen molar-refractivity contribution in [2.24, 2.45) is 11.8 Å². The van der Waals surface area contributed by atoms with E-state index in [-0.39, 0.29) is 40.8 Å². The fourth-order valence-corrected chi connectivity index (χ4v) is 5.46. The summed E-state index contributed by atoms with van der Waals surface area (Å²) in [7, 11) is 1.64. The van der Waals surface area contributed by atoms with Crippen LogP contribution in [0.1, 0.15) is 19.8 Å². The van der Waals surface area contributed by atoms with E-state index in [0.717, 1.165) is 5.57 Å². The lowest BCUT2D eigenvalue weighted by atomic mass is 9.89. The second-order valence-corrected chi connectivity index (χ2v) is 10.6. The zero-order valence-corrected chi connectivity index (χ0v) is 21.8. The lowest BCUT2D eigenvalue weighted by Crippen LogP contribution is -2.46. The number of allylic oxidation sites excluding steroid dienone is 3. The van der Waals surface area contributed by atoms with Crippen LogP contribution >= 0.6 is 23.2 Å². The van der Waals surface area contributed by atoms with Gasteiger partial charge >= 0.3 is 6.09 Å². The highest BCUT2D eigenvalue weighted by molar-refractivity contribution is 6.31. The first kappa shape index (κ1) is 26.5. The number of carbonyl (C=O) groups is 3. The molecule has 194 valence electrons. The van der Waals surface area contributed by atoms with E-state index >= 15 is 0 Å². The highest BCUT2D eigenvalue weighted by Crippen LogP contribution is 2.34. The van der Waals surface area contributed by atoms with Gasteiger partial charge in [-0.05, 0) is 42.7 Å². The fraction of sp³-hybridized carbons (Fsp3) is 0.500. The van der Waals surface area contributed by atoms with Crippen molar-refractivity contribution in [3.63, 3.8) is 0 Å². The summed E-state index contributed by atoms with van der Waals surface area (Å²) in [5.74, 6) is -0.488. The lowest BCUT2D eigenvalue weighted by Gasteiger charge is -2.32. The zero-order chi connectivity index (χ0) is 26.0. The summed E-state index contributed by atoms with van der Waals surface area (Å²) in [6, 6.07) is 4.87. The average molecular weight is 538 g/mol. The summed E-state index contributed by atoms with van der Waals surface area (Å²) in [5.41, 5.74) is 0.917. The molecule has 3 aliphatic rings. The molecule has 0 bridgehead atoms. The van der Waals surface area contributed by atoms with Gasteiger partial charge in [0.05, 0.1) is 16.8 Å². The Balaban J connectivity index is 1.50. The van der Waals surface area contributed by atoms with E-state index in [4.69, 9.17) is 27.9 Å². The molecule has 1 aromatic rings. The Morgan fingerprint density at radius 3 is 2.31 bits per heavy atom. The molecule has 1 aromatic carbocycles. The van der Waals surface area contributed by atoms with E-state index in [9.17, 15) is 18.8 Å². The summed E-state index contributed by atoms with van der Waals surface area (Å²) in [5, 5.41) is -0.731. The zero-order valence-electron chi connectivity index (χ0n) is 20.3. The first-order chi connectivity index (χ1) is 17.1. The first-order valence-electron chi connectivity index (χ1n) is 12.1. The molecule has 1 aliphatic carbocycles. The van der Waals surface area contributed by atoms with Gasteiger partial charge in [0.1, 0.15) is 11.6 Å². The van der Waals surface area contributed by atoms with Crippen molar-refractivity contribution >= 4 is 41.1 Å². The standard InChI is InChI=1S/C26H30Cl2FN3O4/c1-16(33)31-11-9-17(10-12-31)25(34)32-14-21(18-3-8-22(27)23(28)13-18)24(15-32)30(2)26(35)36-20-6-4-19(29)5-7-20/h3-8,13,17,21-24H,9-12,14-15H2,1-2H3. The normalized spacial score (nSPS) is 26.5. The molecule has 0 aromatic heterocycles. The molecule has 2 heterocycles. The van der Waals surface area contributed by atoms with Crippen molar-refractivity contribution in [3.05, 3.63) is 53.9 Å². The number of benzene rings is 1. The van der Waals surface area contributed by atoms with Crippen molar-refractivity contribution in [2.45, 2.75) is 36.6 Å². The summed E-state index contributed by atoms with van der Waals surface area (Å²) >= 11 is 12.6. The summed E-state index contributed by atoms with van der Waals surface area (Å²) < 4.78 is 18.7. The van der Waals surface area contributed by atoms with Crippen LogP contribution in [0, 0.1) is 17.7 Å². The minimum atomic E-state index is -0.598. The van der Waals surface area contributed by atoms with Crippen molar-refractivity contribution in [3.8, 4) is 5.75 Å². The predicted molar refractivity (Wildman–Crippen MR) is 136 cm³/mol. The van der Waals surface area contributed by atoms with E-state index in [1.165, 1.54) is 29.2 Å². The number of rotatable bonds is 4. The van der Waals surface area contributed by atoms with Gasteiger partial charge in [0.25, 0.3) is 0 Å². The number of halogens is 3. The summed E-state index contributed by atoms with van der Waals surface area (Å²) in [6.45, 7) is 3.44. The number of amides is 3. The minimum Gasteiger partial charge on any atom is -0.410 e. The van der Waals surface area contributed by atoms with Crippen molar-refractivity contribution in [1.82, 2.24) is 14.7 Å². The number of carbonyl (C=O) groups excluding carboxylic acids is 3. The van der Waals surface area contributed by atoms with E-state index in [0.29, 0.717) is 39.0 Å². The Morgan fingerprint density at radius 2 is 1.69 bits per heavy atom. The maximum atomic E-state index is 13.5. The molecule has 36 heavy (non-hydrogen) atoms. The third-order valence-electron chi connectivity index (χ3n) is 7.25. The Hall–Kier alpha value is -2.58. The van der Waals surface area contributed by atoms with Crippen LogP contribution in [0.25, 0.3) is 0 Å². The quantitative estimate of drug-likeness (QED) is 0.543. The second kappa shape index (κ2) is 11.2. The molecule has 4 atom stereocenters. The molecule has 2 fully saturated rings. The third kappa shape index (κ3) is 5.86. The van der Waals surface area contributed by atoms with E-state index in [2.05, 4.69) is 0 Å². The van der Waals surface area contributed by atoms with Gasteiger partial charge in [-0.15, -0.1) is 23.2 Å². The maximum absolute atomic E-state index is 13.5. The van der Waals surface area contributed by atoms with E-state index in [1.54, 1.807) is 23.8 Å². The molecule has 2 aliphatic heterocycles. The van der Waals surface area contributed by atoms with Gasteiger partial charge in [0.2, 0.25) is 11.8 Å². The van der Waals surface area contributed by atoms with Crippen LogP contribution in [0.15, 0.2) is 48.1 Å². The number of nitrogens with zero attached hydrogens (tertiary/aromatic N) is 3. The molecule has 0 radical (unpaired) electrons. The van der Waals surface area contributed by atoms with Gasteiger partial charge in [0, 0.05) is 52.0 Å². The molecule has 3 amide bonds. The highest BCUT2D eigenvalue weighted by atomic mass is 35.5. The molecule has 7 nitrogen and oxygen atoms in total. The van der Waals surface area contributed by atoms with Crippen LogP contribution < -0.4 is 4.74 Å². The van der Waals surface area contributed by atoms with Gasteiger partial charge in [-0.25, -0.2) is 9.18 Å². The molecule has 2 saturated heterocycles. The molecule has 4 unspecified atom stereocenters. The SMILES string of the molecule is CC(=O)N1CCC(C(=O)N2CC(C3=CC(Cl)C(Cl)C=C3)C(N(C)C(=O)Oc3ccc(F)cc3)C2)CC1. The van der Waals surface area contributed by atoms with E-state index < -0.39 is 17.3 Å². The Kier molecular flexibility index (Phi) is 8.25. The Morgan fingerprint density at radius 1 is 1.03 bits per heavy atom. The largest absolute Gasteiger partial charge is 0.415 e. The number of hydrogen-bond acceptors (Lipinski definition) is 4. The van der Waals surface area contributed by atoms with Gasteiger partial charge in [-0.3, -0.25) is 9.59 Å². The third-order valence-corrected chi connectivity index (χ3v) is 8.19. The lowest BCUT2D eigenvalue weighted by molar-refractivity contribution is -0.139. The molecular formula is C26H30Cl2FN3O4. The number of ether oxygens (including phenoxy) is 1. The Bertz CT molecular complexity index is 1060. The van der Waals surface area contributed by atoms with Gasteiger partial charge in [0.15, 0.2) is 0 Å². The van der Waals surface area contributed by atoms with E-state index in [1.807, 2.05) is 18.2 Å². The number of alkyl halides is 2. The second-order valence-electron chi connectivity index (χ2n) is 9.54. The first-order valence-corrected chi connectivity index (χ1v) is 12.9.